The smallest absolute Gasteiger partial charge is 0.237 e. The van der Waals surface area contributed by atoms with Crippen LogP contribution in [0.15, 0.2) is 48.3 Å². The largest absolute Gasteiger partial charge is 0.331 e. The van der Waals surface area contributed by atoms with Crippen LogP contribution in [0.4, 0.5) is 32.6 Å². The zero-order valence-electron chi connectivity index (χ0n) is 10.1. The Labute approximate surface area is 114 Å². The molecule has 1 aromatic rings. The number of rotatable bonds is 2. The van der Waals surface area contributed by atoms with Gasteiger partial charge in [0.05, 0.1) is 0 Å². The molecule has 0 heterocycles. The topological polar surface area (TPSA) is 0 Å². The van der Waals surface area contributed by atoms with Gasteiger partial charge in [-0.15, -0.1) is 0 Å². The predicted octanol–water partition coefficient (Wildman–Crippen LogP) is 6.24. The summed E-state index contributed by atoms with van der Waals surface area (Å²) in [5.74, 6) is -2.89. The van der Waals surface area contributed by atoms with Gasteiger partial charge in [0, 0.05) is 0 Å². The Balaban J connectivity index is 2.58. The van der Waals surface area contributed by atoms with Gasteiger partial charge in [-0.1, -0.05) is 49.8 Å². The third-order valence-electron chi connectivity index (χ3n) is 2.96. The summed E-state index contributed by atoms with van der Waals surface area (Å²) in [6.07, 6.45) is -3.95. The van der Waals surface area contributed by atoms with Crippen molar-refractivity contribution in [2.45, 2.75) is 11.2 Å². The van der Waals surface area contributed by atoms with Crippen LogP contribution in [0.2, 0.25) is 0 Å². The predicted molar refractivity (Wildman–Crippen MR) is 65.5 cm³/mol. The van der Waals surface area contributed by atoms with Gasteiger partial charge in [-0.25, -0.2) is 13.2 Å². The average molecular weight is 336 g/mol. The first-order valence-corrected chi connectivity index (χ1v) is 7.42. The highest BCUT2D eigenvalue weighted by molar-refractivity contribution is 8.46. The molecule has 0 fully saturated rings. The summed E-state index contributed by atoms with van der Waals surface area (Å²) in [4.78, 5) is 0. The molecule has 0 saturated heterocycles. The number of halogens is 8. The maximum absolute atomic E-state index is 13.6. The molecule has 0 radical (unpaired) electrons. The third kappa shape index (κ3) is 2.43. The summed E-state index contributed by atoms with van der Waals surface area (Å²) >= 11 is 0. The Bertz CT molecular complexity index is 630. The summed E-state index contributed by atoms with van der Waals surface area (Å²) in [5.41, 5.74) is -0.379. The molecule has 21 heavy (non-hydrogen) atoms. The first kappa shape index (κ1) is 15.9. The van der Waals surface area contributed by atoms with Crippen LogP contribution in [0.25, 0.3) is 5.57 Å². The minimum Gasteiger partial charge on any atom is -0.237 e. The fourth-order valence-electron chi connectivity index (χ4n) is 1.89. The van der Waals surface area contributed by atoms with Crippen molar-refractivity contribution in [3.63, 3.8) is 0 Å². The normalized spacial score (nSPS) is 30.0. The van der Waals surface area contributed by atoms with Crippen molar-refractivity contribution in [2.24, 2.45) is 0 Å². The summed E-state index contributed by atoms with van der Waals surface area (Å²) < 4.78 is 104. The first-order chi connectivity index (χ1) is 9.26. The van der Waals surface area contributed by atoms with E-state index in [1.807, 2.05) is 0 Å². The molecule has 2 atom stereocenters. The number of benzene rings is 1. The molecule has 118 valence electrons. The average Bonchev–Trinajstić information content (AvgIpc) is 2.33. The van der Waals surface area contributed by atoms with Gasteiger partial charge >= 0.3 is 15.2 Å². The van der Waals surface area contributed by atoms with Crippen LogP contribution in [-0.2, 0) is 0 Å². The lowest BCUT2D eigenvalue weighted by atomic mass is 9.97. The molecule has 2 rings (SSSR count). The van der Waals surface area contributed by atoms with Crippen LogP contribution in [0.1, 0.15) is 5.56 Å². The van der Waals surface area contributed by atoms with Crippen molar-refractivity contribution in [2.75, 3.05) is 0 Å². The number of alkyl halides is 2. The number of hydrogen-bond donors (Lipinski definition) is 0. The lowest BCUT2D eigenvalue weighted by Crippen LogP contribution is -2.46. The van der Waals surface area contributed by atoms with Crippen molar-refractivity contribution in [3.8, 4) is 0 Å². The molecule has 0 saturated carbocycles. The van der Waals surface area contributed by atoms with Gasteiger partial charge in [-0.3, -0.25) is 0 Å². The van der Waals surface area contributed by atoms with Gasteiger partial charge in [0.15, 0.2) is 12.0 Å². The molecule has 1 aliphatic carbocycles. The van der Waals surface area contributed by atoms with E-state index in [1.165, 1.54) is 30.3 Å². The Morgan fingerprint density at radius 2 is 1.48 bits per heavy atom. The second-order valence-corrected chi connectivity index (χ2v) is 7.03. The van der Waals surface area contributed by atoms with Crippen molar-refractivity contribution in [1.29, 1.82) is 0 Å². The monoisotopic (exact) mass is 336 g/mol. The van der Waals surface area contributed by atoms with Crippen LogP contribution in [0.3, 0.4) is 0 Å². The van der Waals surface area contributed by atoms with E-state index in [0.29, 0.717) is 0 Å². The van der Waals surface area contributed by atoms with Crippen LogP contribution in [-0.4, -0.2) is 11.2 Å². The molecule has 9 heteroatoms. The Hall–Kier alpha value is -1.51. The van der Waals surface area contributed by atoms with Crippen LogP contribution >= 0.6 is 10.2 Å². The van der Waals surface area contributed by atoms with Crippen molar-refractivity contribution in [3.05, 3.63) is 53.9 Å². The highest BCUT2D eigenvalue weighted by Gasteiger charge is 2.86. The van der Waals surface area contributed by atoms with Crippen molar-refractivity contribution in [1.82, 2.24) is 0 Å². The summed E-state index contributed by atoms with van der Waals surface area (Å²) in [6, 6.07) is 6.92. The molecule has 0 spiro atoms. The summed E-state index contributed by atoms with van der Waals surface area (Å²) in [6.45, 7) is 0. The standard InChI is InChI=1S/C12H8F8S/c13-10-6-9(8-4-2-1-3-5-8)7-11(14)12(10,15)21(16,17,18,19)20/h1-7,10H. The zero-order valence-corrected chi connectivity index (χ0v) is 10.9. The second kappa shape index (κ2) is 3.82. The van der Waals surface area contributed by atoms with E-state index in [0.717, 1.165) is 0 Å². The maximum Gasteiger partial charge on any atom is 0.331 e. The maximum atomic E-state index is 13.6. The van der Waals surface area contributed by atoms with E-state index < -0.39 is 32.8 Å². The van der Waals surface area contributed by atoms with Crippen LogP contribution < -0.4 is 0 Å². The third-order valence-corrected chi connectivity index (χ3v) is 4.50. The fourth-order valence-corrected chi connectivity index (χ4v) is 2.81. The van der Waals surface area contributed by atoms with E-state index in [4.69, 9.17) is 0 Å². The van der Waals surface area contributed by atoms with Crippen molar-refractivity contribution < 1.29 is 32.6 Å². The molecule has 0 N–H and O–H groups in total. The number of allylic oxidation sites excluding steroid dienone is 3. The molecule has 0 amide bonds. The molecule has 0 bridgehead atoms. The van der Waals surface area contributed by atoms with Gasteiger partial charge in [0.25, 0.3) is 0 Å². The van der Waals surface area contributed by atoms with E-state index >= 15 is 0 Å². The minimum atomic E-state index is -11.1. The zero-order chi connectivity index (χ0) is 16.2. The Morgan fingerprint density at radius 1 is 0.952 bits per heavy atom. The first-order valence-electron chi connectivity index (χ1n) is 5.47. The quantitative estimate of drug-likeness (QED) is 0.561. The molecule has 1 aliphatic rings. The van der Waals surface area contributed by atoms with Gasteiger partial charge in [-0.05, 0) is 23.3 Å². The Morgan fingerprint density at radius 3 is 1.90 bits per heavy atom. The van der Waals surface area contributed by atoms with E-state index in [9.17, 15) is 32.6 Å². The van der Waals surface area contributed by atoms with Gasteiger partial charge in [0.1, 0.15) is 0 Å². The van der Waals surface area contributed by atoms with Crippen LogP contribution in [0.5, 0.6) is 0 Å². The SMILES string of the molecule is FC1=CC(c2ccccc2)=CC(F)C1(F)S(F)(F)(F)(F)F. The lowest BCUT2D eigenvalue weighted by Gasteiger charge is -2.51. The summed E-state index contributed by atoms with van der Waals surface area (Å²) in [7, 11) is -11.1. The van der Waals surface area contributed by atoms with E-state index in [2.05, 4.69) is 0 Å². The van der Waals surface area contributed by atoms with Gasteiger partial charge in [-0.2, -0.15) is 0 Å². The lowest BCUT2D eigenvalue weighted by molar-refractivity contribution is 0.111. The molecule has 1 aromatic carbocycles. The van der Waals surface area contributed by atoms with E-state index in [-0.39, 0.29) is 17.7 Å². The number of hydrogen-bond acceptors (Lipinski definition) is 0. The fraction of sp³-hybridized carbons (Fsp3) is 0.167. The molecule has 0 nitrogen and oxygen atoms in total. The second-order valence-electron chi connectivity index (χ2n) is 4.50. The minimum absolute atomic E-state index is 0.00366. The summed E-state index contributed by atoms with van der Waals surface area (Å²) in [5, 5.41) is -5.95. The molecule has 0 aromatic heterocycles. The highest BCUT2D eigenvalue weighted by Crippen LogP contribution is 3.05. The molecule has 2 unspecified atom stereocenters. The Kier molecular flexibility index (Phi) is 2.89. The highest BCUT2D eigenvalue weighted by atomic mass is 32.5. The molecular weight excluding hydrogens is 328 g/mol. The van der Waals surface area contributed by atoms with Gasteiger partial charge in [0.2, 0.25) is 0 Å². The molecular formula is C12H8F8S. The van der Waals surface area contributed by atoms with Crippen LogP contribution in [0, 0.1) is 0 Å². The van der Waals surface area contributed by atoms with E-state index in [1.54, 1.807) is 0 Å². The van der Waals surface area contributed by atoms with Crippen molar-refractivity contribution >= 4 is 15.8 Å². The molecule has 0 aliphatic heterocycles. The van der Waals surface area contributed by atoms with Gasteiger partial charge < -0.3 is 0 Å².